The van der Waals surface area contributed by atoms with E-state index in [9.17, 15) is 18.0 Å². The smallest absolute Gasteiger partial charge is 0.385 e. The van der Waals surface area contributed by atoms with Crippen molar-refractivity contribution < 1.29 is 18.0 Å². The fraction of sp³-hybridized carbons (Fsp3) is 0.455. The number of alkyl halides is 3. The first-order chi connectivity index (χ1) is 8.42. The Bertz CT molecular complexity index is 407. The molecule has 0 spiro atoms. The minimum Gasteiger partial charge on any atom is -0.385 e. The van der Waals surface area contributed by atoms with Crippen LogP contribution >= 0.6 is 0 Å². The average molecular weight is 261 g/mol. The van der Waals surface area contributed by atoms with Crippen LogP contribution in [0.4, 0.5) is 18.9 Å². The Labute approximate surface area is 103 Å². The molecule has 2 N–H and O–H groups in total. The summed E-state index contributed by atoms with van der Waals surface area (Å²) < 4.78 is 35.8. The van der Waals surface area contributed by atoms with Gasteiger partial charge >= 0.3 is 6.18 Å². The third-order valence-electron chi connectivity index (χ3n) is 2.02. The SMILES string of the molecule is CCCNc1ccnc(C(=O)NCC(F)(F)F)c1. The summed E-state index contributed by atoms with van der Waals surface area (Å²) in [5, 5.41) is 4.79. The predicted octanol–water partition coefficient (Wildman–Crippen LogP) is 2.20. The van der Waals surface area contributed by atoms with Crippen molar-refractivity contribution in [2.24, 2.45) is 0 Å². The highest BCUT2D eigenvalue weighted by Crippen LogP contribution is 2.13. The number of halogens is 3. The van der Waals surface area contributed by atoms with Gasteiger partial charge in [-0.05, 0) is 18.6 Å². The molecule has 0 atom stereocenters. The van der Waals surface area contributed by atoms with Crippen molar-refractivity contribution >= 4 is 11.6 Å². The maximum absolute atomic E-state index is 11.9. The Kier molecular flexibility index (Phi) is 4.94. The largest absolute Gasteiger partial charge is 0.405 e. The van der Waals surface area contributed by atoms with Gasteiger partial charge in [-0.15, -0.1) is 0 Å². The van der Waals surface area contributed by atoms with Crippen molar-refractivity contribution in [2.45, 2.75) is 19.5 Å². The number of carbonyl (C=O) groups excluding carboxylic acids is 1. The monoisotopic (exact) mass is 261 g/mol. The van der Waals surface area contributed by atoms with E-state index in [1.807, 2.05) is 6.92 Å². The normalized spacial score (nSPS) is 11.1. The van der Waals surface area contributed by atoms with Gasteiger partial charge in [-0.2, -0.15) is 13.2 Å². The number of rotatable bonds is 5. The first kappa shape index (κ1) is 14.3. The van der Waals surface area contributed by atoms with Crippen LogP contribution in [0.15, 0.2) is 18.3 Å². The molecular weight excluding hydrogens is 247 g/mol. The Morgan fingerprint density at radius 3 is 2.78 bits per heavy atom. The summed E-state index contributed by atoms with van der Waals surface area (Å²) in [5.41, 5.74) is 0.615. The number of aromatic nitrogens is 1. The molecule has 4 nitrogen and oxygen atoms in total. The number of amides is 1. The van der Waals surface area contributed by atoms with Gasteiger partial charge in [-0.25, -0.2) is 0 Å². The maximum atomic E-state index is 11.9. The van der Waals surface area contributed by atoms with Crippen LogP contribution in [0.1, 0.15) is 23.8 Å². The van der Waals surface area contributed by atoms with Crippen LogP contribution in [-0.4, -0.2) is 30.2 Å². The number of anilines is 1. The Morgan fingerprint density at radius 2 is 2.17 bits per heavy atom. The van der Waals surface area contributed by atoms with Crippen molar-refractivity contribution in [3.05, 3.63) is 24.0 Å². The molecule has 0 saturated heterocycles. The Hall–Kier alpha value is -1.79. The van der Waals surface area contributed by atoms with Crippen molar-refractivity contribution in [1.29, 1.82) is 0 Å². The van der Waals surface area contributed by atoms with Crippen LogP contribution in [0.3, 0.4) is 0 Å². The Morgan fingerprint density at radius 1 is 1.44 bits per heavy atom. The van der Waals surface area contributed by atoms with Gasteiger partial charge in [0.25, 0.3) is 5.91 Å². The zero-order valence-corrected chi connectivity index (χ0v) is 9.84. The molecule has 0 fully saturated rings. The number of pyridine rings is 1. The summed E-state index contributed by atoms with van der Waals surface area (Å²) in [5.74, 6) is -0.840. The molecule has 0 aliphatic rings. The number of nitrogens with zero attached hydrogens (tertiary/aromatic N) is 1. The second-order valence-corrected chi connectivity index (χ2v) is 3.65. The predicted molar refractivity (Wildman–Crippen MR) is 61.4 cm³/mol. The summed E-state index contributed by atoms with van der Waals surface area (Å²) in [6, 6.07) is 3.07. The molecule has 0 saturated carbocycles. The van der Waals surface area contributed by atoms with Crippen LogP contribution in [0.2, 0.25) is 0 Å². The second kappa shape index (κ2) is 6.23. The first-order valence-corrected chi connectivity index (χ1v) is 5.47. The van der Waals surface area contributed by atoms with Gasteiger partial charge in [-0.1, -0.05) is 6.92 Å². The van der Waals surface area contributed by atoms with Gasteiger partial charge in [0.2, 0.25) is 0 Å². The van der Waals surface area contributed by atoms with Crippen LogP contribution in [0, 0.1) is 0 Å². The van der Waals surface area contributed by atoms with Gasteiger partial charge in [-0.3, -0.25) is 9.78 Å². The first-order valence-electron chi connectivity index (χ1n) is 5.47. The number of hydrogen-bond acceptors (Lipinski definition) is 3. The summed E-state index contributed by atoms with van der Waals surface area (Å²) in [6.07, 6.45) is -2.15. The lowest BCUT2D eigenvalue weighted by Crippen LogP contribution is -2.34. The third-order valence-corrected chi connectivity index (χ3v) is 2.02. The van der Waals surface area contributed by atoms with E-state index in [1.165, 1.54) is 12.3 Å². The van der Waals surface area contributed by atoms with E-state index in [0.29, 0.717) is 12.2 Å². The topological polar surface area (TPSA) is 54.0 Å². The van der Waals surface area contributed by atoms with E-state index in [2.05, 4.69) is 10.3 Å². The fourth-order valence-corrected chi connectivity index (χ4v) is 1.21. The lowest BCUT2D eigenvalue weighted by molar-refractivity contribution is -0.123. The number of hydrogen-bond donors (Lipinski definition) is 2. The lowest BCUT2D eigenvalue weighted by atomic mass is 10.3. The molecule has 0 aliphatic heterocycles. The van der Waals surface area contributed by atoms with Crippen LogP contribution in [0.5, 0.6) is 0 Å². The molecule has 0 unspecified atom stereocenters. The molecule has 100 valence electrons. The number of carbonyl (C=O) groups is 1. The minimum atomic E-state index is -4.42. The molecule has 1 amide bonds. The zero-order valence-electron chi connectivity index (χ0n) is 9.84. The molecule has 1 aromatic rings. The molecule has 0 aromatic carbocycles. The minimum absolute atomic E-state index is 0.0413. The van der Waals surface area contributed by atoms with E-state index in [-0.39, 0.29) is 5.69 Å². The molecule has 18 heavy (non-hydrogen) atoms. The van der Waals surface area contributed by atoms with E-state index in [1.54, 1.807) is 11.4 Å². The van der Waals surface area contributed by atoms with E-state index in [0.717, 1.165) is 6.42 Å². The molecule has 0 radical (unpaired) electrons. The summed E-state index contributed by atoms with van der Waals surface area (Å²) in [6.45, 7) is 1.33. The summed E-state index contributed by atoms with van der Waals surface area (Å²) in [7, 11) is 0. The highest BCUT2D eigenvalue weighted by molar-refractivity contribution is 5.93. The highest BCUT2D eigenvalue weighted by atomic mass is 19.4. The molecule has 1 rings (SSSR count). The van der Waals surface area contributed by atoms with Crippen molar-refractivity contribution in [2.75, 3.05) is 18.4 Å². The fourth-order valence-electron chi connectivity index (χ4n) is 1.21. The lowest BCUT2D eigenvalue weighted by Gasteiger charge is -2.09. The van der Waals surface area contributed by atoms with Gasteiger partial charge in [0.15, 0.2) is 0 Å². The molecule has 1 heterocycles. The van der Waals surface area contributed by atoms with Gasteiger partial charge in [0, 0.05) is 18.4 Å². The molecule has 1 aromatic heterocycles. The standard InChI is InChI=1S/C11H14F3N3O/c1-2-4-15-8-3-5-16-9(6-8)10(18)17-7-11(12,13)14/h3,5-6H,2,4,7H2,1H3,(H,15,16)(H,17,18). The van der Waals surface area contributed by atoms with Crippen molar-refractivity contribution in [3.8, 4) is 0 Å². The Balaban J connectivity index is 2.62. The maximum Gasteiger partial charge on any atom is 0.405 e. The molecule has 7 heteroatoms. The highest BCUT2D eigenvalue weighted by Gasteiger charge is 2.28. The summed E-state index contributed by atoms with van der Waals surface area (Å²) >= 11 is 0. The second-order valence-electron chi connectivity index (χ2n) is 3.65. The van der Waals surface area contributed by atoms with Gasteiger partial charge < -0.3 is 10.6 Å². The van der Waals surface area contributed by atoms with Crippen molar-refractivity contribution in [1.82, 2.24) is 10.3 Å². The van der Waals surface area contributed by atoms with E-state index < -0.39 is 18.6 Å². The molecule has 0 bridgehead atoms. The average Bonchev–Trinajstić information content (AvgIpc) is 2.33. The van der Waals surface area contributed by atoms with Crippen LogP contribution in [-0.2, 0) is 0 Å². The summed E-state index contributed by atoms with van der Waals surface area (Å²) in [4.78, 5) is 15.1. The zero-order chi connectivity index (χ0) is 13.6. The van der Waals surface area contributed by atoms with Gasteiger partial charge in [0.05, 0.1) is 0 Å². The number of nitrogens with one attached hydrogen (secondary N) is 2. The van der Waals surface area contributed by atoms with E-state index >= 15 is 0 Å². The third kappa shape index (κ3) is 5.03. The van der Waals surface area contributed by atoms with Crippen LogP contribution < -0.4 is 10.6 Å². The van der Waals surface area contributed by atoms with Crippen LogP contribution in [0.25, 0.3) is 0 Å². The van der Waals surface area contributed by atoms with Crippen molar-refractivity contribution in [3.63, 3.8) is 0 Å². The van der Waals surface area contributed by atoms with Gasteiger partial charge in [0.1, 0.15) is 12.2 Å². The molecular formula is C11H14F3N3O. The van der Waals surface area contributed by atoms with E-state index in [4.69, 9.17) is 0 Å². The molecule has 0 aliphatic carbocycles. The quantitative estimate of drug-likeness (QED) is 0.854.